The molecule has 1 fully saturated rings. The fraction of sp³-hybridized carbons (Fsp3) is 0.208. The van der Waals surface area contributed by atoms with Gasteiger partial charge in [-0.05, 0) is 24.3 Å². The maximum absolute atomic E-state index is 12.5. The van der Waals surface area contributed by atoms with Crippen LogP contribution in [0, 0.1) is 0 Å². The molecule has 11 heteroatoms. The zero-order valence-electron chi connectivity index (χ0n) is 18.3. The molecule has 0 radical (unpaired) electrons. The number of nitrogens with zero attached hydrogens (tertiary/aromatic N) is 4. The number of aliphatic hydroxyl groups excluding tert-OH is 2. The number of anilines is 1. The lowest BCUT2D eigenvalue weighted by atomic mass is 10.1. The first kappa shape index (κ1) is 22.6. The molecule has 3 heterocycles. The van der Waals surface area contributed by atoms with Crippen molar-refractivity contribution < 1.29 is 29.3 Å². The average Bonchev–Trinajstić information content (AvgIpc) is 3.45. The summed E-state index contributed by atoms with van der Waals surface area (Å²) in [7, 11) is 0. The predicted octanol–water partition coefficient (Wildman–Crippen LogP) is 1.55. The Hall–Kier alpha value is -4.19. The quantitative estimate of drug-likeness (QED) is 0.353. The molecular weight excluding hydrogens is 454 g/mol. The molecule has 1 saturated heterocycles. The van der Waals surface area contributed by atoms with Crippen molar-refractivity contribution in [3.8, 4) is 0 Å². The average molecular weight is 475 g/mol. The Kier molecular flexibility index (Phi) is 6.19. The third-order valence-corrected chi connectivity index (χ3v) is 5.63. The van der Waals surface area contributed by atoms with E-state index in [1.807, 2.05) is 0 Å². The number of imidazole rings is 1. The van der Waals surface area contributed by atoms with E-state index < -0.39 is 30.5 Å². The molecule has 4 aromatic rings. The fourth-order valence-electron chi connectivity index (χ4n) is 3.81. The minimum Gasteiger partial charge on any atom is -0.459 e. The van der Waals surface area contributed by atoms with E-state index in [9.17, 15) is 19.8 Å². The maximum atomic E-state index is 12.5. The fourth-order valence-corrected chi connectivity index (χ4v) is 3.81. The van der Waals surface area contributed by atoms with E-state index in [1.165, 1.54) is 17.2 Å². The van der Waals surface area contributed by atoms with Crippen LogP contribution in [0.3, 0.4) is 0 Å². The molecule has 2 aromatic heterocycles. The van der Waals surface area contributed by atoms with E-state index in [2.05, 4.69) is 20.3 Å². The number of amides is 1. The number of nitrogens with one attached hydrogen (secondary N) is 1. The van der Waals surface area contributed by atoms with Crippen molar-refractivity contribution >= 4 is 28.9 Å². The van der Waals surface area contributed by atoms with E-state index in [1.54, 1.807) is 60.7 Å². The molecule has 178 valence electrons. The third-order valence-electron chi connectivity index (χ3n) is 5.63. The van der Waals surface area contributed by atoms with Crippen molar-refractivity contribution in [2.75, 3.05) is 11.9 Å². The number of benzene rings is 2. The summed E-state index contributed by atoms with van der Waals surface area (Å²) in [5, 5.41) is 23.8. The van der Waals surface area contributed by atoms with Crippen LogP contribution in [0.2, 0.25) is 0 Å². The van der Waals surface area contributed by atoms with E-state index in [4.69, 9.17) is 9.47 Å². The minimum absolute atomic E-state index is 0.184. The van der Waals surface area contributed by atoms with Gasteiger partial charge >= 0.3 is 5.97 Å². The van der Waals surface area contributed by atoms with Crippen LogP contribution in [0.1, 0.15) is 26.9 Å². The lowest BCUT2D eigenvalue weighted by Gasteiger charge is -2.16. The minimum atomic E-state index is -1.34. The van der Waals surface area contributed by atoms with Gasteiger partial charge in [-0.1, -0.05) is 36.4 Å². The highest BCUT2D eigenvalue weighted by molar-refractivity contribution is 6.06. The van der Waals surface area contributed by atoms with Crippen molar-refractivity contribution in [1.82, 2.24) is 19.5 Å². The van der Waals surface area contributed by atoms with Crippen LogP contribution in [0.15, 0.2) is 73.3 Å². The van der Waals surface area contributed by atoms with E-state index in [0.717, 1.165) is 0 Å². The molecule has 3 N–H and O–H groups in total. The van der Waals surface area contributed by atoms with E-state index in [-0.39, 0.29) is 29.5 Å². The second kappa shape index (κ2) is 9.58. The van der Waals surface area contributed by atoms with Crippen LogP contribution >= 0.6 is 0 Å². The molecule has 1 aliphatic rings. The second-order valence-corrected chi connectivity index (χ2v) is 7.88. The summed E-state index contributed by atoms with van der Waals surface area (Å²) >= 11 is 0. The van der Waals surface area contributed by atoms with Crippen LogP contribution in [-0.4, -0.2) is 66.5 Å². The van der Waals surface area contributed by atoms with Gasteiger partial charge in [-0.3, -0.25) is 9.36 Å². The van der Waals surface area contributed by atoms with Gasteiger partial charge in [-0.25, -0.2) is 19.7 Å². The molecule has 0 spiro atoms. The predicted molar refractivity (Wildman–Crippen MR) is 122 cm³/mol. The number of hydrogen-bond acceptors (Lipinski definition) is 9. The Morgan fingerprint density at radius 1 is 0.943 bits per heavy atom. The van der Waals surface area contributed by atoms with Gasteiger partial charge in [-0.15, -0.1) is 0 Å². The lowest BCUT2D eigenvalue weighted by molar-refractivity contribution is -0.0565. The number of ether oxygens (including phenoxy) is 2. The monoisotopic (exact) mass is 475 g/mol. The molecule has 11 nitrogen and oxygen atoms in total. The second-order valence-electron chi connectivity index (χ2n) is 7.88. The Bertz CT molecular complexity index is 1350. The van der Waals surface area contributed by atoms with Crippen molar-refractivity contribution in [3.63, 3.8) is 0 Å². The summed E-state index contributed by atoms with van der Waals surface area (Å²) in [6, 6.07) is 17.0. The van der Waals surface area contributed by atoms with Crippen LogP contribution in [0.5, 0.6) is 0 Å². The van der Waals surface area contributed by atoms with Gasteiger partial charge in [0.2, 0.25) is 0 Å². The van der Waals surface area contributed by atoms with Crippen LogP contribution in [0.4, 0.5) is 5.82 Å². The molecule has 2 aromatic carbocycles. The largest absolute Gasteiger partial charge is 0.459 e. The molecule has 1 amide bonds. The first-order valence-corrected chi connectivity index (χ1v) is 10.8. The molecular formula is C24H21N5O6. The normalized spacial score (nSPS) is 21.7. The summed E-state index contributed by atoms with van der Waals surface area (Å²) in [5.74, 6) is -0.754. The van der Waals surface area contributed by atoms with Gasteiger partial charge in [0.25, 0.3) is 5.91 Å². The number of carbonyl (C=O) groups excluding carboxylic acids is 2. The topological polar surface area (TPSA) is 149 Å². The standard InChI is InChI=1S/C24H21N5O6/c30-18-16(11-34-24(33)15-9-5-2-6-10-15)35-23(19(18)31)29-13-27-17-20(25-12-26-21(17)29)28-22(32)14-7-3-1-4-8-14/h1-10,12-13,16,18-19,23,30-31H,11H2,(H,25,26,28,32)/t16-,18-,19-,23?/m1/s1. The summed E-state index contributed by atoms with van der Waals surface area (Å²) < 4.78 is 12.5. The number of fused-ring (bicyclic) bond motifs is 1. The van der Waals surface area contributed by atoms with Crippen LogP contribution in [-0.2, 0) is 9.47 Å². The van der Waals surface area contributed by atoms with Crippen LogP contribution in [0.25, 0.3) is 11.2 Å². The Morgan fingerprint density at radius 2 is 1.63 bits per heavy atom. The summed E-state index contributed by atoms with van der Waals surface area (Å²) in [6.07, 6.45) is -2.07. The Balaban J connectivity index is 1.32. The highest BCUT2D eigenvalue weighted by atomic mass is 16.6. The van der Waals surface area contributed by atoms with Gasteiger partial charge < -0.3 is 25.0 Å². The molecule has 1 aliphatic heterocycles. The van der Waals surface area contributed by atoms with Crippen molar-refractivity contribution in [2.45, 2.75) is 24.5 Å². The lowest BCUT2D eigenvalue weighted by Crippen LogP contribution is -2.34. The molecule has 4 atom stereocenters. The van der Waals surface area contributed by atoms with Gasteiger partial charge in [0.05, 0.1) is 11.9 Å². The first-order chi connectivity index (χ1) is 17.0. The van der Waals surface area contributed by atoms with Crippen molar-refractivity contribution in [1.29, 1.82) is 0 Å². The third kappa shape index (κ3) is 4.47. The van der Waals surface area contributed by atoms with Crippen LogP contribution < -0.4 is 5.32 Å². The zero-order chi connectivity index (χ0) is 24.4. The van der Waals surface area contributed by atoms with Crippen molar-refractivity contribution in [2.24, 2.45) is 0 Å². The molecule has 0 saturated carbocycles. The smallest absolute Gasteiger partial charge is 0.338 e. The van der Waals surface area contributed by atoms with Crippen molar-refractivity contribution in [3.05, 3.63) is 84.4 Å². The molecule has 5 rings (SSSR count). The molecule has 0 bridgehead atoms. The van der Waals surface area contributed by atoms with Gasteiger partial charge in [-0.2, -0.15) is 0 Å². The number of hydrogen-bond donors (Lipinski definition) is 3. The summed E-state index contributed by atoms with van der Waals surface area (Å²) in [4.78, 5) is 37.3. The van der Waals surface area contributed by atoms with Gasteiger partial charge in [0.1, 0.15) is 31.2 Å². The number of rotatable bonds is 6. The first-order valence-electron chi connectivity index (χ1n) is 10.8. The molecule has 1 unspecified atom stereocenters. The van der Waals surface area contributed by atoms with Gasteiger partial charge in [0, 0.05) is 5.56 Å². The van der Waals surface area contributed by atoms with Gasteiger partial charge in [0.15, 0.2) is 23.2 Å². The number of aromatic nitrogens is 4. The Morgan fingerprint density at radius 3 is 2.34 bits per heavy atom. The maximum Gasteiger partial charge on any atom is 0.338 e. The van der Waals surface area contributed by atoms with E-state index in [0.29, 0.717) is 11.1 Å². The number of aliphatic hydroxyl groups is 2. The zero-order valence-corrected chi connectivity index (χ0v) is 18.3. The highest BCUT2D eigenvalue weighted by Gasteiger charge is 2.45. The summed E-state index contributed by atoms with van der Waals surface area (Å²) in [5.41, 5.74) is 1.37. The van der Waals surface area contributed by atoms with E-state index >= 15 is 0 Å². The molecule has 0 aliphatic carbocycles. The SMILES string of the molecule is O=C(Nc1ncnc2c1ncn2C1O[C@H](COC(=O)c2ccccc2)[C@@H](O)[C@H]1O)c1ccccc1. The molecule has 35 heavy (non-hydrogen) atoms. The highest BCUT2D eigenvalue weighted by Crippen LogP contribution is 2.32. The summed E-state index contributed by atoms with van der Waals surface area (Å²) in [6.45, 7) is -0.261. The number of carbonyl (C=O) groups is 2. The number of esters is 1. The Labute approximate surface area is 199 Å².